The summed E-state index contributed by atoms with van der Waals surface area (Å²) in [5, 5.41) is 12.7. The summed E-state index contributed by atoms with van der Waals surface area (Å²) in [6.07, 6.45) is 2.47. The van der Waals surface area contributed by atoms with Crippen molar-refractivity contribution in [1.82, 2.24) is 10.9 Å². The molecular formula is C26H32N6O4. The molecule has 0 spiro atoms. The lowest BCUT2D eigenvalue weighted by Crippen LogP contribution is -2.52. The van der Waals surface area contributed by atoms with Crippen molar-refractivity contribution in [2.24, 2.45) is 10.1 Å². The van der Waals surface area contributed by atoms with Gasteiger partial charge in [0.15, 0.2) is 11.6 Å². The zero-order chi connectivity index (χ0) is 25.8. The number of ether oxygens (including phenoxy) is 2. The summed E-state index contributed by atoms with van der Waals surface area (Å²) in [5.74, 6) is 0.618. The predicted molar refractivity (Wildman–Crippen MR) is 137 cm³/mol. The van der Waals surface area contributed by atoms with Crippen LogP contribution in [0.15, 0.2) is 71.3 Å². The van der Waals surface area contributed by atoms with Gasteiger partial charge in [-0.25, -0.2) is 10.4 Å². The normalized spacial score (nSPS) is 18.5. The van der Waals surface area contributed by atoms with Gasteiger partial charge in [0, 0.05) is 36.5 Å². The van der Waals surface area contributed by atoms with Crippen LogP contribution in [0.3, 0.4) is 0 Å². The van der Waals surface area contributed by atoms with E-state index < -0.39 is 11.6 Å². The van der Waals surface area contributed by atoms with Gasteiger partial charge < -0.3 is 14.6 Å². The second kappa shape index (κ2) is 13.3. The van der Waals surface area contributed by atoms with Gasteiger partial charge in [-0.1, -0.05) is 42.4 Å². The van der Waals surface area contributed by atoms with E-state index in [0.29, 0.717) is 42.3 Å². The van der Waals surface area contributed by atoms with E-state index in [9.17, 15) is 4.79 Å². The molecule has 0 aromatic heterocycles. The number of aliphatic hydroxyl groups excluding tert-OH is 1. The number of carbonyl (C=O) groups is 1. The van der Waals surface area contributed by atoms with Crippen LogP contribution in [0.1, 0.15) is 49.0 Å². The van der Waals surface area contributed by atoms with E-state index in [4.69, 9.17) is 25.1 Å². The van der Waals surface area contributed by atoms with Crippen LogP contribution < -0.4 is 15.6 Å². The van der Waals surface area contributed by atoms with Crippen molar-refractivity contribution in [3.05, 3.63) is 88.3 Å². The molecule has 0 aliphatic carbocycles. The molecule has 3 N–H and O–H groups in total. The monoisotopic (exact) mass is 492 g/mol. The minimum Gasteiger partial charge on any atom is -0.494 e. The van der Waals surface area contributed by atoms with E-state index in [0.717, 1.165) is 12.0 Å². The highest BCUT2D eigenvalue weighted by molar-refractivity contribution is 6.01. The number of hydrogen-bond donors (Lipinski definition) is 3. The van der Waals surface area contributed by atoms with Crippen LogP contribution in [0.4, 0.5) is 0 Å². The Kier molecular flexibility index (Phi) is 9.88. The summed E-state index contributed by atoms with van der Waals surface area (Å²) in [6.45, 7) is 7.05. The summed E-state index contributed by atoms with van der Waals surface area (Å²) in [4.78, 5) is 21.3. The molecule has 0 unspecified atom stereocenters. The van der Waals surface area contributed by atoms with E-state index in [1.54, 1.807) is 18.2 Å². The van der Waals surface area contributed by atoms with Gasteiger partial charge >= 0.3 is 0 Å². The van der Waals surface area contributed by atoms with Crippen LogP contribution in [0.25, 0.3) is 10.4 Å². The molecule has 3 rings (SSSR count). The molecule has 1 aliphatic heterocycles. The van der Waals surface area contributed by atoms with E-state index in [-0.39, 0.29) is 25.5 Å². The standard InChI is InChI=1S/C26H32N6O4/c1-3-14-26(25(34)31-28-15-4-2)23(22-9-6-5-8-20(22)18-29-32-27)36-24(30-26)19-10-12-21(13-11-19)35-17-7-16-33/h3,5-6,8-13,23,28,33H,1,4,7,14-18H2,2H3,(H,31,34)/t23-,26-/m0/s1. The fourth-order valence-corrected chi connectivity index (χ4v) is 3.93. The van der Waals surface area contributed by atoms with Gasteiger partial charge in [-0.05, 0) is 47.3 Å². The van der Waals surface area contributed by atoms with E-state index in [1.165, 1.54) is 0 Å². The zero-order valence-electron chi connectivity index (χ0n) is 20.4. The Morgan fingerprint density at radius 3 is 2.81 bits per heavy atom. The summed E-state index contributed by atoms with van der Waals surface area (Å²) < 4.78 is 12.0. The Labute approximate surface area is 210 Å². The second-order valence-electron chi connectivity index (χ2n) is 8.25. The first-order chi connectivity index (χ1) is 17.6. The van der Waals surface area contributed by atoms with Crippen molar-refractivity contribution in [1.29, 1.82) is 0 Å². The largest absolute Gasteiger partial charge is 0.494 e. The summed E-state index contributed by atoms with van der Waals surface area (Å²) >= 11 is 0. The maximum Gasteiger partial charge on any atom is 0.266 e. The van der Waals surface area contributed by atoms with Gasteiger partial charge in [0.2, 0.25) is 5.90 Å². The van der Waals surface area contributed by atoms with Crippen molar-refractivity contribution < 1.29 is 19.4 Å². The molecule has 1 aliphatic rings. The molecule has 0 bridgehead atoms. The van der Waals surface area contributed by atoms with Crippen LogP contribution in [-0.2, 0) is 16.1 Å². The Hall–Kier alpha value is -3.85. The molecule has 0 saturated carbocycles. The Balaban J connectivity index is 2.02. The Morgan fingerprint density at radius 1 is 1.33 bits per heavy atom. The molecule has 0 fully saturated rings. The van der Waals surface area contributed by atoms with Gasteiger partial charge in [0.1, 0.15) is 5.75 Å². The molecule has 2 aromatic rings. The second-order valence-corrected chi connectivity index (χ2v) is 8.25. The highest BCUT2D eigenvalue weighted by atomic mass is 16.5. The van der Waals surface area contributed by atoms with Crippen LogP contribution in [0.5, 0.6) is 5.75 Å². The van der Waals surface area contributed by atoms with Gasteiger partial charge in [-0.2, -0.15) is 0 Å². The minimum absolute atomic E-state index is 0.0613. The lowest BCUT2D eigenvalue weighted by molar-refractivity contribution is -0.129. The van der Waals surface area contributed by atoms with Crippen molar-refractivity contribution >= 4 is 11.8 Å². The molecule has 10 nitrogen and oxygen atoms in total. The number of nitrogens with zero attached hydrogens (tertiary/aromatic N) is 4. The first-order valence-electron chi connectivity index (χ1n) is 11.9. The number of carbonyl (C=O) groups excluding carboxylic acids is 1. The molecule has 1 heterocycles. The molecule has 2 aromatic carbocycles. The summed E-state index contributed by atoms with van der Waals surface area (Å²) in [6, 6.07) is 14.6. The van der Waals surface area contributed by atoms with Crippen molar-refractivity contribution in [2.45, 2.75) is 44.4 Å². The average molecular weight is 493 g/mol. The zero-order valence-corrected chi connectivity index (χ0v) is 20.4. The van der Waals surface area contributed by atoms with Crippen LogP contribution in [-0.4, -0.2) is 42.2 Å². The molecule has 1 amide bonds. The van der Waals surface area contributed by atoms with Crippen LogP contribution >= 0.6 is 0 Å². The summed E-state index contributed by atoms with van der Waals surface area (Å²) in [7, 11) is 0. The van der Waals surface area contributed by atoms with Gasteiger partial charge in [0.05, 0.1) is 13.2 Å². The predicted octanol–water partition coefficient (Wildman–Crippen LogP) is 4.12. The molecular weight excluding hydrogens is 460 g/mol. The maximum atomic E-state index is 13.6. The number of benzene rings is 2. The fourth-order valence-electron chi connectivity index (χ4n) is 3.93. The third kappa shape index (κ3) is 6.23. The third-order valence-electron chi connectivity index (χ3n) is 5.70. The first kappa shape index (κ1) is 26.7. The topological polar surface area (TPSA) is 141 Å². The fraction of sp³-hybridized carbons (Fsp3) is 0.385. The van der Waals surface area contributed by atoms with Gasteiger partial charge in [-0.15, -0.1) is 6.58 Å². The van der Waals surface area contributed by atoms with E-state index in [2.05, 4.69) is 27.5 Å². The Morgan fingerprint density at radius 2 is 2.11 bits per heavy atom. The SMILES string of the molecule is C=CC[C@]1(C(=O)NNCCC)N=C(c2ccc(OCCCO)cc2)O[C@H]1c1ccccc1CN=[N+]=[N-]. The first-order valence-corrected chi connectivity index (χ1v) is 11.9. The van der Waals surface area contributed by atoms with Crippen molar-refractivity contribution in [3.63, 3.8) is 0 Å². The van der Waals surface area contributed by atoms with Crippen LogP contribution in [0, 0.1) is 0 Å². The van der Waals surface area contributed by atoms with Crippen molar-refractivity contribution in [3.8, 4) is 5.75 Å². The molecule has 36 heavy (non-hydrogen) atoms. The minimum atomic E-state index is -1.33. The maximum absolute atomic E-state index is 13.6. The molecule has 0 saturated heterocycles. The number of hydrogen-bond acceptors (Lipinski definition) is 7. The van der Waals surface area contributed by atoms with Crippen LogP contribution in [0.2, 0.25) is 0 Å². The number of azide groups is 1. The lowest BCUT2D eigenvalue weighted by atomic mass is 9.83. The Bertz CT molecular complexity index is 1110. The van der Waals surface area contributed by atoms with Gasteiger partial charge in [0.25, 0.3) is 5.91 Å². The van der Waals surface area contributed by atoms with E-state index in [1.807, 2.05) is 43.3 Å². The average Bonchev–Trinajstić information content (AvgIpc) is 3.29. The van der Waals surface area contributed by atoms with E-state index >= 15 is 0 Å². The number of rotatable bonds is 14. The number of hydrazine groups is 1. The van der Waals surface area contributed by atoms with Gasteiger partial charge in [-0.3, -0.25) is 10.2 Å². The summed E-state index contributed by atoms with van der Waals surface area (Å²) in [5.41, 5.74) is 15.4. The third-order valence-corrected chi connectivity index (χ3v) is 5.70. The number of aliphatic hydroxyl groups is 1. The highest BCUT2D eigenvalue weighted by Gasteiger charge is 2.53. The lowest BCUT2D eigenvalue weighted by Gasteiger charge is -2.30. The molecule has 0 radical (unpaired) electrons. The molecule has 190 valence electrons. The number of nitrogens with one attached hydrogen (secondary N) is 2. The highest BCUT2D eigenvalue weighted by Crippen LogP contribution is 2.43. The number of aliphatic imine (C=N–C) groups is 1. The molecule has 2 atom stereocenters. The smallest absolute Gasteiger partial charge is 0.266 e. The quantitative estimate of drug-likeness (QED) is 0.0908. The molecule has 10 heteroatoms. The van der Waals surface area contributed by atoms with Crippen molar-refractivity contribution in [2.75, 3.05) is 19.8 Å². The number of amides is 1.